The van der Waals surface area contributed by atoms with Crippen molar-refractivity contribution >= 4 is 27.9 Å². The number of fused-ring (bicyclic) bond motifs is 2. The van der Waals surface area contributed by atoms with Crippen LogP contribution in [0.15, 0.2) is 60.9 Å². The number of halogens is 3. The number of nitrogens with zero attached hydrogens (tertiary/aromatic N) is 5. The SMILES string of the molecule is C#Cc1cnc2c(C#N)cc(N[C@H](C3=CN(C4(C(F)(F)F)CC4)NN3)c3ccc4nccn4c3)cc2c1NCC(C)(C)C. The lowest BCUT2D eigenvalue weighted by molar-refractivity contribution is -0.195. The van der Waals surface area contributed by atoms with E-state index in [0.29, 0.717) is 45.6 Å². The van der Waals surface area contributed by atoms with Crippen LogP contribution in [-0.2, 0) is 0 Å². The number of aromatic nitrogens is 3. The van der Waals surface area contributed by atoms with Crippen molar-refractivity contribution in [1.29, 1.82) is 5.26 Å². The third-order valence-electron chi connectivity index (χ3n) is 7.71. The monoisotopic (exact) mass is 585 g/mol. The molecule has 0 bridgehead atoms. The van der Waals surface area contributed by atoms with Gasteiger partial charge >= 0.3 is 6.18 Å². The number of nitrogens with one attached hydrogen (secondary N) is 4. The number of pyridine rings is 2. The van der Waals surface area contributed by atoms with E-state index in [-0.39, 0.29) is 18.3 Å². The number of hydrogen-bond acceptors (Lipinski definition) is 8. The Hall–Kier alpha value is -4.94. The van der Waals surface area contributed by atoms with Gasteiger partial charge in [-0.15, -0.1) is 12.0 Å². The Morgan fingerprint density at radius 3 is 2.63 bits per heavy atom. The summed E-state index contributed by atoms with van der Waals surface area (Å²) in [6, 6.07) is 8.84. The van der Waals surface area contributed by atoms with Gasteiger partial charge < -0.3 is 20.5 Å². The Labute approximate surface area is 246 Å². The zero-order valence-electron chi connectivity index (χ0n) is 23.8. The molecule has 1 aromatic carbocycles. The van der Waals surface area contributed by atoms with Crippen LogP contribution in [0.3, 0.4) is 0 Å². The molecule has 0 amide bonds. The molecule has 6 rings (SSSR count). The summed E-state index contributed by atoms with van der Waals surface area (Å²) in [5.74, 6) is 2.68. The zero-order valence-corrected chi connectivity index (χ0v) is 23.8. The van der Waals surface area contributed by atoms with E-state index in [0.717, 1.165) is 16.2 Å². The van der Waals surface area contributed by atoms with Crippen molar-refractivity contribution in [3.63, 3.8) is 0 Å². The van der Waals surface area contributed by atoms with Gasteiger partial charge in [0.25, 0.3) is 0 Å². The second kappa shape index (κ2) is 10.1. The number of terminal acetylenes is 1. The quantitative estimate of drug-likeness (QED) is 0.208. The molecule has 3 aromatic heterocycles. The van der Waals surface area contributed by atoms with E-state index in [1.165, 1.54) is 6.20 Å². The number of hydrogen-bond donors (Lipinski definition) is 4. The lowest BCUT2D eigenvalue weighted by atomic mass is 9.96. The predicted molar refractivity (Wildman–Crippen MR) is 158 cm³/mol. The Bertz CT molecular complexity index is 1830. The molecule has 1 atom stereocenters. The third-order valence-corrected chi connectivity index (χ3v) is 7.71. The number of alkyl halides is 3. The van der Waals surface area contributed by atoms with Crippen LogP contribution in [0.1, 0.15) is 56.3 Å². The van der Waals surface area contributed by atoms with Gasteiger partial charge in [0.15, 0.2) is 5.54 Å². The number of nitriles is 1. The molecule has 4 heterocycles. The topological polar surface area (TPSA) is 105 Å². The van der Waals surface area contributed by atoms with Crippen LogP contribution in [-0.4, -0.2) is 37.6 Å². The molecular formula is C31H30F3N9. The maximum absolute atomic E-state index is 13.9. The Kier molecular flexibility index (Phi) is 6.62. The molecule has 0 saturated heterocycles. The second-order valence-corrected chi connectivity index (χ2v) is 12.1. The van der Waals surface area contributed by atoms with E-state index in [2.05, 4.69) is 64.3 Å². The number of rotatable bonds is 7. The van der Waals surface area contributed by atoms with Crippen LogP contribution in [0.25, 0.3) is 16.6 Å². The number of benzene rings is 1. The summed E-state index contributed by atoms with van der Waals surface area (Å²) in [6.45, 7) is 6.91. The first-order valence-electron chi connectivity index (χ1n) is 13.8. The maximum Gasteiger partial charge on any atom is 0.413 e. The van der Waals surface area contributed by atoms with Gasteiger partial charge in [0.05, 0.1) is 34.1 Å². The summed E-state index contributed by atoms with van der Waals surface area (Å²) in [6.07, 6.45) is 9.78. The van der Waals surface area contributed by atoms with Crippen LogP contribution < -0.4 is 21.6 Å². The molecule has 12 heteroatoms. The molecule has 220 valence electrons. The van der Waals surface area contributed by atoms with E-state index < -0.39 is 17.8 Å². The minimum absolute atomic E-state index is 0.000884. The van der Waals surface area contributed by atoms with Gasteiger partial charge in [0, 0.05) is 48.6 Å². The molecule has 4 N–H and O–H groups in total. The highest BCUT2D eigenvalue weighted by Gasteiger charge is 2.67. The van der Waals surface area contributed by atoms with Gasteiger partial charge in [-0.2, -0.15) is 18.4 Å². The molecule has 2 aliphatic rings. The minimum Gasteiger partial charge on any atom is -0.383 e. The van der Waals surface area contributed by atoms with Gasteiger partial charge in [0.1, 0.15) is 11.7 Å². The van der Waals surface area contributed by atoms with Gasteiger partial charge in [-0.25, -0.2) is 4.98 Å². The van der Waals surface area contributed by atoms with Crippen molar-refractivity contribution in [2.24, 2.45) is 5.41 Å². The number of anilines is 2. The lowest BCUT2D eigenvalue weighted by Gasteiger charge is -2.28. The third kappa shape index (κ3) is 5.15. The normalized spacial score (nSPS) is 16.7. The average molecular weight is 586 g/mol. The standard InChI is InChI=1S/C31H30F3N9/c1-5-19-15-37-27-21(14-35)12-22(13-23(27)26(19)38-18-29(2,3)4)39-28(20-6-7-25-36-10-11-42(25)16-20)24-17-43(41-40-24)30(8-9-30)31(32,33)34/h1,6-7,10-13,15-17,28,39-41H,8-9,18H2,2-4H3,(H,37,38)/t28-/m0/s1. The Balaban J connectivity index is 1.45. The summed E-state index contributed by atoms with van der Waals surface area (Å²) in [7, 11) is 0. The fourth-order valence-electron chi connectivity index (χ4n) is 5.23. The van der Waals surface area contributed by atoms with Crippen molar-refractivity contribution in [3.8, 4) is 18.4 Å². The van der Waals surface area contributed by atoms with Gasteiger partial charge in [0.2, 0.25) is 0 Å². The summed E-state index contributed by atoms with van der Waals surface area (Å²) < 4.78 is 43.6. The zero-order chi connectivity index (χ0) is 30.6. The summed E-state index contributed by atoms with van der Waals surface area (Å²) in [5.41, 5.74) is 8.22. The molecule has 0 unspecified atom stereocenters. The van der Waals surface area contributed by atoms with Crippen LogP contribution >= 0.6 is 0 Å². The number of imidazole rings is 1. The highest BCUT2D eigenvalue weighted by Crippen LogP contribution is 2.53. The van der Waals surface area contributed by atoms with Crippen molar-refractivity contribution in [2.75, 3.05) is 17.2 Å². The molecule has 4 aromatic rings. The summed E-state index contributed by atoms with van der Waals surface area (Å²) in [5, 5.41) is 18.7. The van der Waals surface area contributed by atoms with E-state index in [4.69, 9.17) is 6.42 Å². The molecule has 1 aliphatic heterocycles. The predicted octanol–water partition coefficient (Wildman–Crippen LogP) is 5.61. The molecular weight excluding hydrogens is 555 g/mol. The van der Waals surface area contributed by atoms with Crippen molar-refractivity contribution < 1.29 is 13.2 Å². The second-order valence-electron chi connectivity index (χ2n) is 12.1. The van der Waals surface area contributed by atoms with Gasteiger partial charge in [-0.1, -0.05) is 32.8 Å². The molecule has 9 nitrogen and oxygen atoms in total. The molecule has 1 saturated carbocycles. The van der Waals surface area contributed by atoms with Crippen LogP contribution in [0, 0.1) is 29.1 Å². The van der Waals surface area contributed by atoms with E-state index in [1.54, 1.807) is 24.7 Å². The first-order valence-corrected chi connectivity index (χ1v) is 13.8. The van der Waals surface area contributed by atoms with Crippen LogP contribution in [0.4, 0.5) is 24.5 Å². The summed E-state index contributed by atoms with van der Waals surface area (Å²) >= 11 is 0. The van der Waals surface area contributed by atoms with E-state index in [1.807, 2.05) is 28.8 Å². The lowest BCUT2D eigenvalue weighted by Crippen LogP contribution is -2.52. The van der Waals surface area contributed by atoms with E-state index >= 15 is 0 Å². The van der Waals surface area contributed by atoms with Gasteiger partial charge in [-0.3, -0.25) is 9.99 Å². The Morgan fingerprint density at radius 2 is 1.95 bits per heavy atom. The minimum atomic E-state index is -4.40. The Morgan fingerprint density at radius 1 is 1.16 bits per heavy atom. The summed E-state index contributed by atoms with van der Waals surface area (Å²) in [4.78, 5) is 8.79. The fourth-order valence-corrected chi connectivity index (χ4v) is 5.23. The fraction of sp³-hybridized carbons (Fsp3) is 0.323. The highest BCUT2D eigenvalue weighted by atomic mass is 19.4. The van der Waals surface area contributed by atoms with Crippen LogP contribution in [0.2, 0.25) is 0 Å². The molecule has 0 spiro atoms. The van der Waals surface area contributed by atoms with Crippen LogP contribution in [0.5, 0.6) is 0 Å². The number of hydrazine groups is 2. The maximum atomic E-state index is 13.9. The van der Waals surface area contributed by atoms with Crippen molar-refractivity contribution in [1.82, 2.24) is 30.3 Å². The largest absolute Gasteiger partial charge is 0.413 e. The van der Waals surface area contributed by atoms with Crippen molar-refractivity contribution in [2.45, 2.75) is 51.4 Å². The smallest absolute Gasteiger partial charge is 0.383 e. The molecule has 43 heavy (non-hydrogen) atoms. The molecule has 0 radical (unpaired) electrons. The van der Waals surface area contributed by atoms with Crippen molar-refractivity contribution in [3.05, 3.63) is 77.6 Å². The highest BCUT2D eigenvalue weighted by molar-refractivity contribution is 5.99. The molecule has 1 aliphatic carbocycles. The average Bonchev–Trinajstić information content (AvgIpc) is 3.42. The first-order chi connectivity index (χ1) is 20.4. The molecule has 1 fully saturated rings. The van der Waals surface area contributed by atoms with Gasteiger partial charge in [-0.05, 0) is 42.0 Å². The first kappa shape index (κ1) is 28.2. The van der Waals surface area contributed by atoms with E-state index in [9.17, 15) is 18.4 Å².